The van der Waals surface area contributed by atoms with E-state index < -0.39 is 15.9 Å². The van der Waals surface area contributed by atoms with E-state index in [0.29, 0.717) is 17.8 Å². The zero-order chi connectivity index (χ0) is 33.1. The summed E-state index contributed by atoms with van der Waals surface area (Å²) in [6.07, 6.45) is 5.33. The zero-order valence-corrected chi connectivity index (χ0v) is 27.4. The number of sulfonamides is 1. The van der Waals surface area contributed by atoms with Crippen LogP contribution >= 0.6 is 11.6 Å². The van der Waals surface area contributed by atoms with Gasteiger partial charge in [-0.05, 0) is 99.2 Å². The number of benzene rings is 3. The molecule has 4 aromatic rings. The topological polar surface area (TPSA) is 137 Å². The molecule has 3 aromatic carbocycles. The van der Waals surface area contributed by atoms with E-state index >= 15 is 0 Å². The van der Waals surface area contributed by atoms with Crippen LogP contribution in [0.15, 0.2) is 92.3 Å². The number of nitrogens with zero attached hydrogens (tertiary/aromatic N) is 4. The van der Waals surface area contributed by atoms with Crippen LogP contribution in [0.1, 0.15) is 37.8 Å². The first-order valence-corrected chi connectivity index (χ1v) is 17.1. The van der Waals surface area contributed by atoms with Gasteiger partial charge in [-0.25, -0.2) is 17.7 Å². The van der Waals surface area contributed by atoms with Crippen molar-refractivity contribution in [3.8, 4) is 0 Å². The van der Waals surface area contributed by atoms with Crippen LogP contribution in [0.4, 0.5) is 34.3 Å². The first-order chi connectivity index (χ1) is 22.8. The molecule has 1 aliphatic heterocycles. The predicted molar refractivity (Wildman–Crippen MR) is 185 cm³/mol. The smallest absolute Gasteiger partial charge is 0.278 e. The summed E-state index contributed by atoms with van der Waals surface area (Å²) in [5.41, 5.74) is 4.40. The number of nitrogens with one attached hydrogen (secondary N) is 2. The van der Waals surface area contributed by atoms with Crippen LogP contribution < -0.4 is 19.8 Å². The van der Waals surface area contributed by atoms with Gasteiger partial charge in [0, 0.05) is 24.5 Å². The molecule has 0 atom stereocenters. The molecule has 0 radical (unpaired) electrons. The van der Waals surface area contributed by atoms with Gasteiger partial charge in [-0.15, -0.1) is 0 Å². The molecule has 2 N–H and O–H groups in total. The number of fused-ring (bicyclic) bond motifs is 2. The number of rotatable bonds is 10. The fourth-order valence-corrected chi connectivity index (χ4v) is 7.63. The normalized spacial score (nSPS) is 15.3. The first kappa shape index (κ1) is 32.0. The van der Waals surface area contributed by atoms with E-state index in [9.17, 15) is 18.0 Å². The van der Waals surface area contributed by atoms with E-state index in [4.69, 9.17) is 21.0 Å². The fraction of sp³-hybridized carbons (Fsp3) is 0.235. The van der Waals surface area contributed by atoms with Gasteiger partial charge in [0.25, 0.3) is 15.9 Å². The lowest BCUT2D eigenvalue weighted by atomic mass is 9.88. The van der Waals surface area contributed by atoms with E-state index in [1.165, 1.54) is 30.0 Å². The Morgan fingerprint density at radius 3 is 2.51 bits per heavy atom. The fourth-order valence-electron chi connectivity index (χ4n) is 5.97. The molecule has 1 aliphatic carbocycles. The number of hydrogen-bond acceptors (Lipinski definition) is 8. The molecule has 0 spiro atoms. The van der Waals surface area contributed by atoms with Gasteiger partial charge in [-0.1, -0.05) is 29.8 Å². The van der Waals surface area contributed by atoms with Crippen LogP contribution in [0.5, 0.6) is 0 Å². The Kier molecular flexibility index (Phi) is 9.15. The number of halogens is 1. The SMILES string of the molecule is CCN(CC)c1ccc(N=C(C(=O)Nc2cc(NC=O)ccc2Cl)C2=Nc3occc3S(=O)(=O)N2c2ccccc2)c2c1CCCC2. The van der Waals surface area contributed by atoms with Crippen molar-refractivity contribution in [2.75, 3.05) is 32.9 Å². The third-order valence-electron chi connectivity index (χ3n) is 8.21. The minimum atomic E-state index is -4.28. The highest BCUT2D eigenvalue weighted by molar-refractivity contribution is 7.94. The second kappa shape index (κ2) is 13.4. The molecule has 0 unspecified atom stereocenters. The van der Waals surface area contributed by atoms with Gasteiger partial charge in [0.2, 0.25) is 12.3 Å². The van der Waals surface area contributed by atoms with Crippen LogP contribution in [0, 0.1) is 0 Å². The van der Waals surface area contributed by atoms with Gasteiger partial charge in [-0.3, -0.25) is 9.59 Å². The number of furan rings is 1. The quantitative estimate of drug-likeness (QED) is 0.139. The van der Waals surface area contributed by atoms with Gasteiger partial charge in [-0.2, -0.15) is 4.99 Å². The van der Waals surface area contributed by atoms with Crippen molar-refractivity contribution in [1.29, 1.82) is 0 Å². The lowest BCUT2D eigenvalue weighted by molar-refractivity contribution is -0.110. The molecule has 2 aliphatic rings. The molecule has 242 valence electrons. The molecular weight excluding hydrogens is 640 g/mol. The number of aliphatic imine (C=N–C) groups is 2. The van der Waals surface area contributed by atoms with Gasteiger partial charge in [0.15, 0.2) is 16.4 Å². The summed E-state index contributed by atoms with van der Waals surface area (Å²) in [6, 6.07) is 18.2. The lowest BCUT2D eigenvalue weighted by Crippen LogP contribution is -2.47. The van der Waals surface area contributed by atoms with Crippen LogP contribution in [-0.4, -0.2) is 45.4 Å². The average Bonchev–Trinajstić information content (AvgIpc) is 3.56. The minimum Gasteiger partial charge on any atom is -0.445 e. The van der Waals surface area contributed by atoms with Crippen molar-refractivity contribution in [1.82, 2.24) is 0 Å². The van der Waals surface area contributed by atoms with Gasteiger partial charge < -0.3 is 20.0 Å². The van der Waals surface area contributed by atoms with Gasteiger partial charge in [0.05, 0.1) is 28.3 Å². The molecule has 11 nitrogen and oxygen atoms in total. The number of para-hydroxylation sites is 1. The molecule has 13 heteroatoms. The summed E-state index contributed by atoms with van der Waals surface area (Å²) in [5.74, 6) is -1.17. The average molecular weight is 673 g/mol. The molecule has 0 bridgehead atoms. The van der Waals surface area contributed by atoms with E-state index in [2.05, 4.69) is 34.4 Å². The number of carbonyl (C=O) groups is 2. The van der Waals surface area contributed by atoms with Crippen molar-refractivity contribution in [3.63, 3.8) is 0 Å². The van der Waals surface area contributed by atoms with E-state index in [1.807, 2.05) is 12.1 Å². The van der Waals surface area contributed by atoms with Gasteiger partial charge >= 0.3 is 0 Å². The number of carbonyl (C=O) groups excluding carboxylic acids is 2. The molecule has 0 fully saturated rings. The highest BCUT2D eigenvalue weighted by Gasteiger charge is 2.41. The van der Waals surface area contributed by atoms with E-state index in [0.717, 1.165) is 54.3 Å². The summed E-state index contributed by atoms with van der Waals surface area (Å²) in [5, 5.41) is 5.51. The highest BCUT2D eigenvalue weighted by atomic mass is 35.5. The third kappa shape index (κ3) is 6.13. The highest BCUT2D eigenvalue weighted by Crippen LogP contribution is 2.39. The summed E-state index contributed by atoms with van der Waals surface area (Å²) in [4.78, 5) is 37.1. The predicted octanol–water partition coefficient (Wildman–Crippen LogP) is 6.88. The summed E-state index contributed by atoms with van der Waals surface area (Å²) < 4.78 is 34.7. The second-order valence-corrected chi connectivity index (χ2v) is 13.1. The Hall–Kier alpha value is -4.94. The summed E-state index contributed by atoms with van der Waals surface area (Å²) >= 11 is 6.46. The molecule has 47 heavy (non-hydrogen) atoms. The Morgan fingerprint density at radius 1 is 1.04 bits per heavy atom. The Labute approximate surface area is 278 Å². The molecule has 1 aromatic heterocycles. The molecule has 2 amide bonds. The standard InChI is InChI=1S/C34H33ClN6O5S/c1-3-40(4-2)29-17-16-27(24-12-8-9-13-25(24)29)37-31(33(43)38-28-20-22(36-21-42)14-15-26(28)35)32-39-34-30(18-19-46-34)47(44,45)41(32)23-10-6-5-7-11-23/h5-7,10-11,14-21H,3-4,8-9,12-13H2,1-2H3,(H,36,42)(H,38,43). The summed E-state index contributed by atoms with van der Waals surface area (Å²) in [6.45, 7) is 5.90. The maximum Gasteiger partial charge on any atom is 0.278 e. The second-order valence-electron chi connectivity index (χ2n) is 10.9. The Morgan fingerprint density at radius 2 is 1.79 bits per heavy atom. The van der Waals surface area contributed by atoms with Crippen LogP contribution in [0.2, 0.25) is 5.02 Å². The molecule has 0 saturated heterocycles. The molecular formula is C34H33ClN6O5S. The lowest BCUT2D eigenvalue weighted by Gasteiger charge is -2.30. The van der Waals surface area contributed by atoms with Crippen LogP contribution in [0.25, 0.3) is 0 Å². The number of hydrogen-bond donors (Lipinski definition) is 2. The Bertz CT molecular complexity index is 2000. The number of anilines is 4. The molecule has 2 heterocycles. The van der Waals surface area contributed by atoms with E-state index in [-0.39, 0.29) is 38.7 Å². The van der Waals surface area contributed by atoms with Gasteiger partial charge in [0.1, 0.15) is 0 Å². The maximum absolute atomic E-state index is 14.4. The van der Waals surface area contributed by atoms with Crippen molar-refractivity contribution < 1.29 is 22.4 Å². The van der Waals surface area contributed by atoms with Crippen LogP contribution in [-0.2, 0) is 32.5 Å². The molecule has 6 rings (SSSR count). The van der Waals surface area contributed by atoms with Crippen molar-refractivity contribution in [3.05, 3.63) is 89.1 Å². The maximum atomic E-state index is 14.4. The number of amides is 2. The minimum absolute atomic E-state index is 0.138. The van der Waals surface area contributed by atoms with E-state index in [1.54, 1.807) is 36.4 Å². The third-order valence-corrected chi connectivity index (χ3v) is 10.3. The first-order valence-electron chi connectivity index (χ1n) is 15.3. The van der Waals surface area contributed by atoms with Crippen molar-refractivity contribution in [2.45, 2.75) is 44.4 Å². The monoisotopic (exact) mass is 672 g/mol. The largest absolute Gasteiger partial charge is 0.445 e. The summed E-state index contributed by atoms with van der Waals surface area (Å²) in [7, 11) is -4.28. The Balaban J connectivity index is 1.58. The zero-order valence-electron chi connectivity index (χ0n) is 25.9. The molecule has 0 saturated carbocycles. The van der Waals surface area contributed by atoms with Crippen molar-refractivity contribution in [2.24, 2.45) is 9.98 Å². The van der Waals surface area contributed by atoms with Crippen LogP contribution in [0.3, 0.4) is 0 Å². The number of amidine groups is 1. The van der Waals surface area contributed by atoms with Crippen molar-refractivity contribution >= 4 is 79.8 Å².